The summed E-state index contributed by atoms with van der Waals surface area (Å²) < 4.78 is 16.1. The molecule has 0 bridgehead atoms. The van der Waals surface area contributed by atoms with Crippen molar-refractivity contribution in [3.63, 3.8) is 0 Å². The molecule has 0 radical (unpaired) electrons. The molecule has 26 heavy (non-hydrogen) atoms. The van der Waals surface area contributed by atoms with Gasteiger partial charge in [0.05, 0.1) is 11.8 Å². The first kappa shape index (κ1) is 17.6. The molecule has 0 aromatic heterocycles. The van der Waals surface area contributed by atoms with Crippen LogP contribution < -0.4 is 24.8 Å². The van der Waals surface area contributed by atoms with Crippen molar-refractivity contribution in [3.05, 3.63) is 42.5 Å². The SMILES string of the molecule is CC(C)Oc1ccccc1NC(=O)CC(=O)Nc1ccc2c(c1)OCO2. The summed E-state index contributed by atoms with van der Waals surface area (Å²) >= 11 is 0. The minimum Gasteiger partial charge on any atom is -0.489 e. The van der Waals surface area contributed by atoms with E-state index in [9.17, 15) is 9.59 Å². The second-order valence-electron chi connectivity index (χ2n) is 6.00. The molecule has 7 heteroatoms. The van der Waals surface area contributed by atoms with Crippen LogP contribution >= 0.6 is 0 Å². The van der Waals surface area contributed by atoms with Crippen molar-refractivity contribution in [2.45, 2.75) is 26.4 Å². The Morgan fingerprint density at radius 1 is 1.04 bits per heavy atom. The fraction of sp³-hybridized carbons (Fsp3) is 0.263. The van der Waals surface area contributed by atoms with E-state index in [0.29, 0.717) is 28.6 Å². The van der Waals surface area contributed by atoms with Crippen molar-refractivity contribution in [1.82, 2.24) is 0 Å². The maximum absolute atomic E-state index is 12.2. The van der Waals surface area contributed by atoms with Crippen LogP contribution in [0.15, 0.2) is 42.5 Å². The van der Waals surface area contributed by atoms with Gasteiger partial charge in [-0.1, -0.05) is 12.1 Å². The molecule has 0 aliphatic carbocycles. The van der Waals surface area contributed by atoms with Gasteiger partial charge in [-0.25, -0.2) is 0 Å². The number of carbonyl (C=O) groups is 2. The molecule has 3 rings (SSSR count). The largest absolute Gasteiger partial charge is 0.489 e. The van der Waals surface area contributed by atoms with Crippen LogP contribution in [0.4, 0.5) is 11.4 Å². The van der Waals surface area contributed by atoms with Crippen LogP contribution in [0, 0.1) is 0 Å². The Balaban J connectivity index is 1.57. The molecule has 2 N–H and O–H groups in total. The number of carbonyl (C=O) groups excluding carboxylic acids is 2. The maximum atomic E-state index is 12.2. The first-order valence-corrected chi connectivity index (χ1v) is 8.26. The highest BCUT2D eigenvalue weighted by Crippen LogP contribution is 2.34. The fourth-order valence-electron chi connectivity index (χ4n) is 2.45. The Bertz CT molecular complexity index is 819. The average molecular weight is 356 g/mol. The number of nitrogens with one attached hydrogen (secondary N) is 2. The fourth-order valence-corrected chi connectivity index (χ4v) is 2.45. The summed E-state index contributed by atoms with van der Waals surface area (Å²) in [7, 11) is 0. The molecule has 1 aliphatic rings. The number of hydrogen-bond acceptors (Lipinski definition) is 5. The predicted octanol–water partition coefficient (Wildman–Crippen LogP) is 3.17. The summed E-state index contributed by atoms with van der Waals surface area (Å²) in [5.74, 6) is 0.896. The van der Waals surface area contributed by atoms with E-state index >= 15 is 0 Å². The van der Waals surface area contributed by atoms with Crippen molar-refractivity contribution >= 4 is 23.2 Å². The Hall–Kier alpha value is -3.22. The lowest BCUT2D eigenvalue weighted by Gasteiger charge is -2.14. The lowest BCUT2D eigenvalue weighted by Crippen LogP contribution is -2.22. The van der Waals surface area contributed by atoms with E-state index in [2.05, 4.69) is 10.6 Å². The Kier molecular flexibility index (Phi) is 5.26. The third-order valence-electron chi connectivity index (χ3n) is 3.50. The molecule has 0 fully saturated rings. The monoisotopic (exact) mass is 356 g/mol. The zero-order valence-electron chi connectivity index (χ0n) is 14.6. The van der Waals surface area contributed by atoms with Gasteiger partial charge in [-0.15, -0.1) is 0 Å². The number of para-hydroxylation sites is 2. The normalized spacial score (nSPS) is 12.0. The quantitative estimate of drug-likeness (QED) is 0.777. The van der Waals surface area contributed by atoms with E-state index in [0.717, 1.165) is 0 Å². The molecule has 0 atom stereocenters. The van der Waals surface area contributed by atoms with Gasteiger partial charge in [-0.2, -0.15) is 0 Å². The van der Waals surface area contributed by atoms with Crippen LogP contribution in [-0.2, 0) is 9.59 Å². The standard InChI is InChI=1S/C19H20N2O5/c1-12(2)26-15-6-4-3-5-14(15)21-19(23)10-18(22)20-13-7-8-16-17(9-13)25-11-24-16/h3-9,12H,10-11H2,1-2H3,(H,20,22)(H,21,23). The topological polar surface area (TPSA) is 85.9 Å². The van der Waals surface area contributed by atoms with Crippen LogP contribution in [0.5, 0.6) is 17.2 Å². The molecule has 0 spiro atoms. The second-order valence-corrected chi connectivity index (χ2v) is 6.00. The van der Waals surface area contributed by atoms with Crippen molar-refractivity contribution in [2.24, 2.45) is 0 Å². The number of ether oxygens (including phenoxy) is 3. The molecule has 0 unspecified atom stereocenters. The molecule has 2 aromatic carbocycles. The summed E-state index contributed by atoms with van der Waals surface area (Å²) in [4.78, 5) is 24.3. The maximum Gasteiger partial charge on any atom is 0.233 e. The molecule has 7 nitrogen and oxygen atoms in total. The molecule has 0 saturated heterocycles. The van der Waals surface area contributed by atoms with Crippen LogP contribution in [0.25, 0.3) is 0 Å². The van der Waals surface area contributed by atoms with Crippen LogP contribution in [0.1, 0.15) is 20.3 Å². The van der Waals surface area contributed by atoms with Gasteiger partial charge in [-0.3, -0.25) is 9.59 Å². The number of anilines is 2. The lowest BCUT2D eigenvalue weighted by molar-refractivity contribution is -0.123. The number of rotatable bonds is 6. The van der Waals surface area contributed by atoms with Crippen molar-refractivity contribution in [2.75, 3.05) is 17.4 Å². The zero-order chi connectivity index (χ0) is 18.5. The third-order valence-corrected chi connectivity index (χ3v) is 3.50. The Morgan fingerprint density at radius 2 is 1.77 bits per heavy atom. The Morgan fingerprint density at radius 3 is 2.58 bits per heavy atom. The van der Waals surface area contributed by atoms with Gasteiger partial charge in [0.2, 0.25) is 18.6 Å². The van der Waals surface area contributed by atoms with Gasteiger partial charge in [0, 0.05) is 11.8 Å². The van der Waals surface area contributed by atoms with E-state index in [1.165, 1.54) is 0 Å². The minimum atomic E-state index is -0.428. The van der Waals surface area contributed by atoms with Crippen molar-refractivity contribution < 1.29 is 23.8 Å². The van der Waals surface area contributed by atoms with Crippen molar-refractivity contribution in [3.8, 4) is 17.2 Å². The molecule has 2 amide bonds. The summed E-state index contributed by atoms with van der Waals surface area (Å²) in [5, 5.41) is 5.37. The lowest BCUT2D eigenvalue weighted by atomic mass is 10.2. The van der Waals surface area contributed by atoms with E-state index in [1.54, 1.807) is 36.4 Å². The van der Waals surface area contributed by atoms with Crippen LogP contribution in [0.2, 0.25) is 0 Å². The second kappa shape index (κ2) is 7.77. The third kappa shape index (κ3) is 4.44. The van der Waals surface area contributed by atoms with Gasteiger partial charge >= 0.3 is 0 Å². The number of benzene rings is 2. The van der Waals surface area contributed by atoms with Crippen LogP contribution in [0.3, 0.4) is 0 Å². The molecule has 1 aliphatic heterocycles. The highest BCUT2D eigenvalue weighted by atomic mass is 16.7. The minimum absolute atomic E-state index is 0.0256. The van der Waals surface area contributed by atoms with Gasteiger partial charge < -0.3 is 24.8 Å². The molecular weight excluding hydrogens is 336 g/mol. The summed E-state index contributed by atoms with van der Waals surface area (Å²) in [5.41, 5.74) is 1.07. The van der Waals surface area contributed by atoms with E-state index < -0.39 is 11.8 Å². The number of hydrogen-bond donors (Lipinski definition) is 2. The number of fused-ring (bicyclic) bond motifs is 1. The van der Waals surface area contributed by atoms with E-state index in [4.69, 9.17) is 14.2 Å². The number of amides is 2. The molecule has 2 aromatic rings. The Labute approximate surface area is 151 Å². The van der Waals surface area contributed by atoms with Gasteiger partial charge in [-0.05, 0) is 38.1 Å². The van der Waals surface area contributed by atoms with Crippen molar-refractivity contribution in [1.29, 1.82) is 0 Å². The summed E-state index contributed by atoms with van der Waals surface area (Å²) in [6.07, 6.45) is -0.341. The molecule has 136 valence electrons. The molecule has 0 saturated carbocycles. The summed E-state index contributed by atoms with van der Waals surface area (Å²) in [6.45, 7) is 3.96. The van der Waals surface area contributed by atoms with Gasteiger partial charge in [0.25, 0.3) is 0 Å². The van der Waals surface area contributed by atoms with Crippen LogP contribution in [-0.4, -0.2) is 24.7 Å². The summed E-state index contributed by atoms with van der Waals surface area (Å²) in [6, 6.07) is 12.2. The average Bonchev–Trinajstić information content (AvgIpc) is 3.03. The predicted molar refractivity (Wildman–Crippen MR) is 96.6 cm³/mol. The molecular formula is C19H20N2O5. The highest BCUT2D eigenvalue weighted by molar-refractivity contribution is 6.08. The first-order valence-electron chi connectivity index (χ1n) is 8.26. The first-order chi connectivity index (χ1) is 12.5. The molecule has 1 heterocycles. The smallest absolute Gasteiger partial charge is 0.233 e. The van der Waals surface area contributed by atoms with E-state index in [1.807, 2.05) is 19.9 Å². The van der Waals surface area contributed by atoms with E-state index in [-0.39, 0.29) is 19.3 Å². The van der Waals surface area contributed by atoms with Gasteiger partial charge in [0.15, 0.2) is 11.5 Å². The van der Waals surface area contributed by atoms with Gasteiger partial charge in [0.1, 0.15) is 12.2 Å². The zero-order valence-corrected chi connectivity index (χ0v) is 14.6. The highest BCUT2D eigenvalue weighted by Gasteiger charge is 2.16.